The van der Waals surface area contributed by atoms with E-state index in [4.69, 9.17) is 0 Å². The first kappa shape index (κ1) is 30.2. The number of amides is 1. The highest BCUT2D eigenvalue weighted by molar-refractivity contribution is 6.01. The predicted molar refractivity (Wildman–Crippen MR) is 147 cm³/mol. The summed E-state index contributed by atoms with van der Waals surface area (Å²) in [4.78, 5) is 30.7. The zero-order valence-electron chi connectivity index (χ0n) is 23.2. The molecular weight excluding hydrogens is 574 g/mol. The van der Waals surface area contributed by atoms with Crippen LogP contribution in [0.5, 0.6) is 0 Å². The number of hydrogen-bond donors (Lipinski definition) is 0. The fraction of sp³-hybridized carbons (Fsp3) is 0.355. The highest BCUT2D eigenvalue weighted by atomic mass is 19.4. The van der Waals surface area contributed by atoms with E-state index in [0.29, 0.717) is 47.4 Å². The molecule has 4 aromatic rings. The average Bonchev–Trinajstić information content (AvgIpc) is 3.39. The molecule has 2 aromatic heterocycles. The Balaban J connectivity index is 1.17. The van der Waals surface area contributed by atoms with Gasteiger partial charge in [-0.2, -0.15) is 31.4 Å². The molecule has 0 saturated carbocycles. The van der Waals surface area contributed by atoms with E-state index < -0.39 is 36.7 Å². The second-order valence-corrected chi connectivity index (χ2v) is 10.8. The number of aryl methyl sites for hydroxylation is 1. The number of pyridine rings is 1. The Bertz CT molecular complexity index is 1620. The average molecular weight is 603 g/mol. The third kappa shape index (κ3) is 7.06. The maximum atomic E-state index is 13.1. The van der Waals surface area contributed by atoms with E-state index in [1.54, 1.807) is 46.8 Å². The number of piperidine rings is 1. The van der Waals surface area contributed by atoms with E-state index in [-0.39, 0.29) is 17.4 Å². The number of hydrogen-bond acceptors (Lipinski definition) is 4. The number of benzene rings is 2. The van der Waals surface area contributed by atoms with Crippen molar-refractivity contribution in [1.29, 1.82) is 0 Å². The summed E-state index contributed by atoms with van der Waals surface area (Å²) >= 11 is 0. The van der Waals surface area contributed by atoms with Crippen LogP contribution in [-0.2, 0) is 12.7 Å². The van der Waals surface area contributed by atoms with Gasteiger partial charge in [-0.05, 0) is 67.1 Å². The molecule has 12 heteroatoms. The minimum Gasteiger partial charge on any atom is -0.339 e. The molecule has 3 heterocycles. The summed E-state index contributed by atoms with van der Waals surface area (Å²) in [5, 5.41) is 5.31. The Morgan fingerprint density at radius 2 is 1.58 bits per heavy atom. The number of aromatic nitrogens is 3. The molecule has 6 nitrogen and oxygen atoms in total. The number of rotatable bonds is 7. The highest BCUT2D eigenvalue weighted by Gasteiger charge is 2.32. The Morgan fingerprint density at radius 3 is 2.19 bits per heavy atom. The number of halogens is 6. The normalized spacial score (nSPS) is 14.8. The molecule has 1 amide bonds. The van der Waals surface area contributed by atoms with Gasteiger partial charge in [-0.25, -0.2) is 0 Å². The minimum absolute atomic E-state index is 0.126. The van der Waals surface area contributed by atoms with Crippen LogP contribution in [0, 0.1) is 12.8 Å². The summed E-state index contributed by atoms with van der Waals surface area (Å²) in [5.74, 6) is -0.424. The Morgan fingerprint density at radius 1 is 0.907 bits per heavy atom. The first-order chi connectivity index (χ1) is 20.3. The summed E-state index contributed by atoms with van der Waals surface area (Å²) in [5.41, 5.74) is 2.22. The molecule has 0 atom stereocenters. The van der Waals surface area contributed by atoms with E-state index >= 15 is 0 Å². The van der Waals surface area contributed by atoms with Crippen molar-refractivity contribution in [3.8, 4) is 11.1 Å². The number of carbonyl (C=O) groups is 2. The van der Waals surface area contributed by atoms with Crippen molar-refractivity contribution >= 4 is 22.6 Å². The van der Waals surface area contributed by atoms with Crippen LogP contribution in [0.1, 0.15) is 57.7 Å². The van der Waals surface area contributed by atoms with Crippen LogP contribution in [-0.4, -0.2) is 50.6 Å². The molecule has 0 radical (unpaired) electrons. The number of alkyl halides is 6. The van der Waals surface area contributed by atoms with E-state index in [2.05, 4.69) is 10.1 Å². The molecule has 226 valence electrons. The van der Waals surface area contributed by atoms with E-state index in [1.165, 1.54) is 12.1 Å². The third-order valence-corrected chi connectivity index (χ3v) is 7.81. The molecule has 5 rings (SSSR count). The van der Waals surface area contributed by atoms with Crippen LogP contribution in [0.25, 0.3) is 22.0 Å². The first-order valence-corrected chi connectivity index (χ1v) is 13.8. The molecular formula is C31H28F6N4O2. The lowest BCUT2D eigenvalue weighted by molar-refractivity contribution is -0.141. The molecule has 1 saturated heterocycles. The lowest BCUT2D eigenvalue weighted by Gasteiger charge is -2.32. The predicted octanol–water partition coefficient (Wildman–Crippen LogP) is 7.50. The van der Waals surface area contributed by atoms with Crippen LogP contribution in [0.15, 0.2) is 60.9 Å². The molecule has 0 spiro atoms. The fourth-order valence-electron chi connectivity index (χ4n) is 5.37. The fourth-order valence-corrected chi connectivity index (χ4v) is 5.37. The van der Waals surface area contributed by atoms with E-state index in [9.17, 15) is 35.9 Å². The van der Waals surface area contributed by atoms with Gasteiger partial charge in [-0.1, -0.05) is 18.2 Å². The quantitative estimate of drug-likeness (QED) is 0.162. The van der Waals surface area contributed by atoms with Gasteiger partial charge in [-0.15, -0.1) is 0 Å². The van der Waals surface area contributed by atoms with Gasteiger partial charge in [0, 0.05) is 60.5 Å². The van der Waals surface area contributed by atoms with Crippen molar-refractivity contribution < 1.29 is 35.9 Å². The Labute approximate surface area is 243 Å². The minimum atomic E-state index is -4.51. The van der Waals surface area contributed by atoms with Crippen molar-refractivity contribution in [2.75, 3.05) is 13.1 Å². The van der Waals surface area contributed by atoms with Crippen molar-refractivity contribution in [2.24, 2.45) is 5.92 Å². The van der Waals surface area contributed by atoms with Crippen LogP contribution in [0.3, 0.4) is 0 Å². The summed E-state index contributed by atoms with van der Waals surface area (Å²) in [7, 11) is 0. The smallest absolute Gasteiger partial charge is 0.339 e. The van der Waals surface area contributed by atoms with Gasteiger partial charge in [0.1, 0.15) is 5.69 Å². The number of carbonyl (C=O) groups excluding carboxylic acids is 2. The number of ketones is 1. The molecule has 0 N–H and O–H groups in total. The second-order valence-electron chi connectivity index (χ2n) is 10.8. The van der Waals surface area contributed by atoms with Crippen molar-refractivity contribution in [1.82, 2.24) is 19.7 Å². The maximum absolute atomic E-state index is 13.1. The monoisotopic (exact) mass is 602 g/mol. The molecule has 0 unspecified atom stereocenters. The molecule has 0 bridgehead atoms. The standard InChI is InChI=1S/C31H28F6N4O2/c1-19-24(27(42)10-13-30(32,33)34)7-8-26-25(19)18-41(39-26)17-20-11-14-40(15-12-20)29(43)22-4-2-21(3-5-22)23-6-9-28(38-16-23)31(35,36)37/h2-9,16,18,20H,10-15,17H2,1H3. The summed E-state index contributed by atoms with van der Waals surface area (Å²) < 4.78 is 77.8. The van der Waals surface area contributed by atoms with Gasteiger partial charge in [0.25, 0.3) is 5.91 Å². The number of nitrogens with zero attached hydrogens (tertiary/aromatic N) is 4. The lowest BCUT2D eigenvalue weighted by atomic mass is 9.96. The zero-order valence-corrected chi connectivity index (χ0v) is 23.2. The second kappa shape index (κ2) is 11.8. The largest absolute Gasteiger partial charge is 0.433 e. The third-order valence-electron chi connectivity index (χ3n) is 7.81. The molecule has 43 heavy (non-hydrogen) atoms. The molecule has 0 aliphatic carbocycles. The maximum Gasteiger partial charge on any atom is 0.433 e. The number of fused-ring (bicyclic) bond motifs is 1. The summed E-state index contributed by atoms with van der Waals surface area (Å²) in [6, 6.07) is 12.1. The Kier molecular flexibility index (Phi) is 8.31. The SMILES string of the molecule is Cc1c(C(=O)CCC(F)(F)F)ccc2nn(CC3CCN(C(=O)c4ccc(-c5ccc(C(F)(F)F)nc5)cc4)CC3)cc12. The van der Waals surface area contributed by atoms with Crippen LogP contribution in [0.2, 0.25) is 0 Å². The van der Waals surface area contributed by atoms with Gasteiger partial charge >= 0.3 is 12.4 Å². The van der Waals surface area contributed by atoms with Crippen LogP contribution < -0.4 is 0 Å². The van der Waals surface area contributed by atoms with Crippen molar-refractivity contribution in [2.45, 2.75) is 51.5 Å². The van der Waals surface area contributed by atoms with Gasteiger partial charge in [0.2, 0.25) is 0 Å². The zero-order chi connectivity index (χ0) is 30.9. The van der Waals surface area contributed by atoms with Crippen molar-refractivity contribution in [3.05, 3.63) is 83.3 Å². The van der Waals surface area contributed by atoms with E-state index in [1.807, 2.05) is 6.20 Å². The molecule has 1 aliphatic rings. The van der Waals surface area contributed by atoms with Crippen molar-refractivity contribution in [3.63, 3.8) is 0 Å². The molecule has 1 aliphatic heterocycles. The summed E-state index contributed by atoms with van der Waals surface area (Å²) in [6.45, 7) is 3.41. The highest BCUT2D eigenvalue weighted by Crippen LogP contribution is 2.30. The van der Waals surface area contributed by atoms with Gasteiger partial charge in [-0.3, -0.25) is 19.3 Å². The van der Waals surface area contributed by atoms with Gasteiger partial charge < -0.3 is 4.90 Å². The lowest BCUT2D eigenvalue weighted by Crippen LogP contribution is -2.39. The first-order valence-electron chi connectivity index (χ1n) is 13.8. The summed E-state index contributed by atoms with van der Waals surface area (Å²) in [6.07, 6.45) is -6.18. The Hall–Kier alpha value is -4.22. The van der Waals surface area contributed by atoms with Gasteiger partial charge in [0.05, 0.1) is 11.9 Å². The van der Waals surface area contributed by atoms with E-state index in [0.717, 1.165) is 30.5 Å². The number of Topliss-reactive ketones (excluding diaryl/α,β-unsaturated/α-hetero) is 1. The molecule has 2 aromatic carbocycles. The van der Waals surface area contributed by atoms with Crippen LogP contribution in [0.4, 0.5) is 26.3 Å². The van der Waals surface area contributed by atoms with Crippen LogP contribution >= 0.6 is 0 Å². The van der Waals surface area contributed by atoms with Gasteiger partial charge in [0.15, 0.2) is 5.78 Å². The molecule has 1 fully saturated rings. The number of likely N-dealkylation sites (tertiary alicyclic amines) is 1. The topological polar surface area (TPSA) is 68.1 Å².